The second-order valence-electron chi connectivity index (χ2n) is 6.31. The Kier molecular flexibility index (Phi) is 5.40. The van der Waals surface area contributed by atoms with Gasteiger partial charge in [0.15, 0.2) is 5.69 Å². The van der Waals surface area contributed by atoms with E-state index in [1.54, 1.807) is 19.1 Å². The van der Waals surface area contributed by atoms with E-state index in [4.69, 9.17) is 0 Å². The van der Waals surface area contributed by atoms with Gasteiger partial charge in [0.25, 0.3) is 5.91 Å². The van der Waals surface area contributed by atoms with Gasteiger partial charge in [-0.3, -0.25) is 9.59 Å². The highest BCUT2D eigenvalue weighted by Gasteiger charge is 2.34. The zero-order chi connectivity index (χ0) is 21.2. The first-order valence-electron chi connectivity index (χ1n) is 8.57. The van der Waals surface area contributed by atoms with E-state index in [2.05, 4.69) is 15.7 Å². The van der Waals surface area contributed by atoms with Crippen molar-refractivity contribution >= 4 is 23.2 Å². The summed E-state index contributed by atoms with van der Waals surface area (Å²) in [6, 6.07) is 13.7. The van der Waals surface area contributed by atoms with Crippen LogP contribution in [0.3, 0.4) is 0 Å². The predicted molar refractivity (Wildman–Crippen MR) is 102 cm³/mol. The Hall–Kier alpha value is -3.62. The Morgan fingerprint density at radius 3 is 2.31 bits per heavy atom. The number of halogens is 3. The quantitative estimate of drug-likeness (QED) is 0.679. The third-order valence-corrected chi connectivity index (χ3v) is 4.01. The lowest BCUT2D eigenvalue weighted by Gasteiger charge is -2.15. The van der Waals surface area contributed by atoms with Gasteiger partial charge in [-0.2, -0.15) is 18.3 Å². The maximum atomic E-state index is 13.4. The van der Waals surface area contributed by atoms with Crippen LogP contribution in [0.25, 0.3) is 5.69 Å². The molecule has 0 atom stereocenters. The van der Waals surface area contributed by atoms with Gasteiger partial charge in [-0.05, 0) is 43.3 Å². The van der Waals surface area contributed by atoms with Crippen molar-refractivity contribution in [3.05, 3.63) is 71.5 Å². The third-order valence-electron chi connectivity index (χ3n) is 4.01. The van der Waals surface area contributed by atoms with Crippen LogP contribution in [-0.2, 0) is 11.0 Å². The number of amides is 2. The first-order valence-corrected chi connectivity index (χ1v) is 8.57. The average Bonchev–Trinajstić information content (AvgIpc) is 3.04. The molecule has 0 fully saturated rings. The summed E-state index contributed by atoms with van der Waals surface area (Å²) in [6.45, 7) is 2.93. The van der Waals surface area contributed by atoms with Gasteiger partial charge in [-0.15, -0.1) is 0 Å². The van der Waals surface area contributed by atoms with Gasteiger partial charge < -0.3 is 10.6 Å². The van der Waals surface area contributed by atoms with E-state index in [9.17, 15) is 22.8 Å². The van der Waals surface area contributed by atoms with E-state index in [0.29, 0.717) is 5.69 Å². The fraction of sp³-hybridized carbons (Fsp3) is 0.150. The summed E-state index contributed by atoms with van der Waals surface area (Å²) in [5.74, 6) is -1.28. The first-order chi connectivity index (χ1) is 13.6. The summed E-state index contributed by atoms with van der Waals surface area (Å²) in [4.78, 5) is 23.6. The molecule has 0 aliphatic heterocycles. The van der Waals surface area contributed by atoms with E-state index in [0.717, 1.165) is 17.8 Å². The molecule has 6 nitrogen and oxygen atoms in total. The van der Waals surface area contributed by atoms with Crippen LogP contribution in [-0.4, -0.2) is 21.6 Å². The molecule has 2 aromatic carbocycles. The highest BCUT2D eigenvalue weighted by Crippen LogP contribution is 2.36. The van der Waals surface area contributed by atoms with Crippen LogP contribution < -0.4 is 10.6 Å². The van der Waals surface area contributed by atoms with E-state index >= 15 is 0 Å². The summed E-state index contributed by atoms with van der Waals surface area (Å²) in [6.07, 6.45) is -4.73. The number of nitrogens with zero attached hydrogens (tertiary/aromatic N) is 2. The molecule has 1 heterocycles. The van der Waals surface area contributed by atoms with Gasteiger partial charge in [-0.1, -0.05) is 18.2 Å². The lowest BCUT2D eigenvalue weighted by Crippen LogP contribution is -2.18. The van der Waals surface area contributed by atoms with E-state index < -0.39 is 29.2 Å². The monoisotopic (exact) mass is 402 g/mol. The van der Waals surface area contributed by atoms with Gasteiger partial charge in [0, 0.05) is 18.3 Å². The van der Waals surface area contributed by atoms with Gasteiger partial charge in [0.1, 0.15) is 0 Å². The minimum atomic E-state index is -4.73. The Balaban J connectivity index is 1.90. The van der Waals surface area contributed by atoms with Crippen LogP contribution in [0.5, 0.6) is 0 Å². The minimum absolute atomic E-state index is 0.0213. The Morgan fingerprint density at radius 2 is 1.69 bits per heavy atom. The number of rotatable bonds is 4. The molecule has 3 aromatic rings. The number of anilines is 2. The van der Waals surface area contributed by atoms with Crippen molar-refractivity contribution in [1.82, 2.24) is 9.78 Å². The maximum absolute atomic E-state index is 13.4. The summed E-state index contributed by atoms with van der Waals surface area (Å²) in [5.41, 5.74) is -0.171. The molecule has 0 radical (unpaired) electrons. The number of nitrogens with one attached hydrogen (secondary N) is 2. The second kappa shape index (κ2) is 7.78. The number of para-hydroxylation sites is 1. The summed E-state index contributed by atoms with van der Waals surface area (Å²) < 4.78 is 41.8. The molecule has 0 spiro atoms. The molecule has 0 saturated carbocycles. The molecule has 0 aliphatic carbocycles. The molecule has 0 saturated heterocycles. The first kappa shape index (κ1) is 20.1. The van der Waals surface area contributed by atoms with Gasteiger partial charge in [0.2, 0.25) is 5.91 Å². The zero-order valence-electron chi connectivity index (χ0n) is 15.5. The molecular weight excluding hydrogens is 385 g/mol. The molecule has 2 N–H and O–H groups in total. The Bertz CT molecular complexity index is 1060. The van der Waals surface area contributed by atoms with Crippen LogP contribution >= 0.6 is 0 Å². The second-order valence-corrected chi connectivity index (χ2v) is 6.31. The lowest BCUT2D eigenvalue weighted by atomic mass is 10.1. The average molecular weight is 402 g/mol. The fourth-order valence-electron chi connectivity index (χ4n) is 2.77. The van der Waals surface area contributed by atoms with Crippen molar-refractivity contribution in [3.63, 3.8) is 0 Å². The normalized spacial score (nSPS) is 11.2. The number of carbonyl (C=O) groups is 2. The maximum Gasteiger partial charge on any atom is 0.418 e. The van der Waals surface area contributed by atoms with Crippen molar-refractivity contribution < 1.29 is 22.8 Å². The largest absolute Gasteiger partial charge is 0.418 e. The minimum Gasteiger partial charge on any atom is -0.326 e. The van der Waals surface area contributed by atoms with Crippen LogP contribution in [0.15, 0.2) is 54.6 Å². The number of aryl methyl sites for hydroxylation is 1. The molecule has 3 rings (SSSR count). The number of alkyl halides is 3. The number of hydrogen-bond acceptors (Lipinski definition) is 3. The van der Waals surface area contributed by atoms with Gasteiger partial charge in [-0.25, -0.2) is 4.68 Å². The molecule has 0 bridgehead atoms. The SMILES string of the molecule is CC(=O)Nc1ccc(NC(=O)c2cc(C)n(-c3ccccc3)n2)c(C(F)(F)F)c1. The standard InChI is InChI=1S/C20H17F3N4O2/c1-12-10-18(26-27(12)15-6-4-3-5-7-15)19(29)25-17-9-8-14(24-13(2)28)11-16(17)20(21,22)23/h3-11H,1-2H3,(H,24,28)(H,25,29). The Labute approximate surface area is 164 Å². The molecule has 0 unspecified atom stereocenters. The van der Waals surface area contributed by atoms with Crippen molar-refractivity contribution in [3.8, 4) is 5.69 Å². The van der Waals surface area contributed by atoms with E-state index in [1.807, 2.05) is 18.2 Å². The zero-order valence-corrected chi connectivity index (χ0v) is 15.5. The van der Waals surface area contributed by atoms with Gasteiger partial charge >= 0.3 is 6.18 Å². The predicted octanol–water partition coefficient (Wildman–Crippen LogP) is 4.41. The van der Waals surface area contributed by atoms with Crippen LogP contribution in [0.4, 0.5) is 24.5 Å². The third kappa shape index (κ3) is 4.63. The summed E-state index contributed by atoms with van der Waals surface area (Å²) >= 11 is 0. The summed E-state index contributed by atoms with van der Waals surface area (Å²) in [5, 5.41) is 8.74. The number of carbonyl (C=O) groups excluding carboxylic acids is 2. The van der Waals surface area contributed by atoms with Crippen molar-refractivity contribution in [1.29, 1.82) is 0 Å². The highest BCUT2D eigenvalue weighted by atomic mass is 19.4. The number of benzene rings is 2. The van der Waals surface area contributed by atoms with Crippen molar-refractivity contribution in [2.45, 2.75) is 20.0 Å². The molecule has 1 aromatic heterocycles. The number of hydrogen-bond donors (Lipinski definition) is 2. The van der Waals surface area contributed by atoms with Crippen molar-refractivity contribution in [2.75, 3.05) is 10.6 Å². The van der Waals surface area contributed by atoms with Crippen LogP contribution in [0.2, 0.25) is 0 Å². The molecule has 150 valence electrons. The van der Waals surface area contributed by atoms with Crippen LogP contribution in [0.1, 0.15) is 28.7 Å². The van der Waals surface area contributed by atoms with E-state index in [1.165, 1.54) is 23.7 Å². The fourth-order valence-corrected chi connectivity index (χ4v) is 2.77. The molecule has 9 heteroatoms. The van der Waals surface area contributed by atoms with E-state index in [-0.39, 0.29) is 11.4 Å². The van der Waals surface area contributed by atoms with Crippen LogP contribution in [0, 0.1) is 6.92 Å². The van der Waals surface area contributed by atoms with Crippen molar-refractivity contribution in [2.24, 2.45) is 0 Å². The molecule has 0 aliphatic rings. The lowest BCUT2D eigenvalue weighted by molar-refractivity contribution is -0.137. The smallest absolute Gasteiger partial charge is 0.326 e. The number of aromatic nitrogens is 2. The molecular formula is C20H17F3N4O2. The highest BCUT2D eigenvalue weighted by molar-refractivity contribution is 6.03. The molecule has 2 amide bonds. The topological polar surface area (TPSA) is 76.0 Å². The summed E-state index contributed by atoms with van der Waals surface area (Å²) in [7, 11) is 0. The molecule has 29 heavy (non-hydrogen) atoms. The van der Waals surface area contributed by atoms with Gasteiger partial charge in [0.05, 0.1) is 16.9 Å². The Morgan fingerprint density at radius 1 is 1.00 bits per heavy atom.